The quantitative estimate of drug-likeness (QED) is 0.657. The molecule has 1 aromatic carbocycles. The molecule has 2 aromatic rings. The highest BCUT2D eigenvalue weighted by molar-refractivity contribution is 7.12. The number of rotatable bonds is 6. The van der Waals surface area contributed by atoms with Crippen molar-refractivity contribution in [3.05, 3.63) is 59.3 Å². The molecule has 0 saturated carbocycles. The highest BCUT2D eigenvalue weighted by Crippen LogP contribution is 2.29. The summed E-state index contributed by atoms with van der Waals surface area (Å²) in [5.74, 6) is -0.832. The number of hydrogen-bond acceptors (Lipinski definition) is 4. The third-order valence-corrected chi connectivity index (χ3v) is 3.90. The molecule has 0 spiro atoms. The van der Waals surface area contributed by atoms with Crippen LogP contribution in [0.25, 0.3) is 11.1 Å². The number of thiophene rings is 1. The van der Waals surface area contributed by atoms with E-state index < -0.39 is 12.1 Å². The van der Waals surface area contributed by atoms with E-state index in [1.54, 1.807) is 13.0 Å². The number of ether oxygens (including phenoxy) is 1. The molecule has 2 rings (SSSR count). The van der Waals surface area contributed by atoms with Gasteiger partial charge in [0, 0.05) is 12.1 Å². The van der Waals surface area contributed by atoms with Gasteiger partial charge in [-0.2, -0.15) is 0 Å². The molecule has 22 heavy (non-hydrogen) atoms. The maximum atomic E-state index is 12.3. The molecule has 1 atom stereocenters. The molecule has 4 nitrogen and oxygen atoms in total. The summed E-state index contributed by atoms with van der Waals surface area (Å²) in [7, 11) is 0. The Labute approximate surface area is 133 Å². The summed E-state index contributed by atoms with van der Waals surface area (Å²) < 4.78 is 5.24. The smallest absolute Gasteiger partial charge is 0.349 e. The minimum atomic E-state index is -0.849. The van der Waals surface area contributed by atoms with Gasteiger partial charge < -0.3 is 10.1 Å². The van der Waals surface area contributed by atoms with E-state index >= 15 is 0 Å². The molecule has 1 heterocycles. The SMILES string of the molecule is C=CCNC(=O)C(C)OC(=O)c1sccc1-c1ccccc1. The van der Waals surface area contributed by atoms with E-state index in [1.165, 1.54) is 11.3 Å². The molecule has 1 amide bonds. The van der Waals surface area contributed by atoms with Crippen molar-refractivity contribution < 1.29 is 14.3 Å². The van der Waals surface area contributed by atoms with Crippen LogP contribution in [0.3, 0.4) is 0 Å². The molecule has 0 bridgehead atoms. The lowest BCUT2D eigenvalue weighted by Crippen LogP contribution is -2.35. The first kappa shape index (κ1) is 16.0. The second-order valence-electron chi connectivity index (χ2n) is 4.61. The van der Waals surface area contributed by atoms with Crippen LogP contribution in [0.5, 0.6) is 0 Å². The first-order valence-corrected chi connectivity index (χ1v) is 7.74. The second-order valence-corrected chi connectivity index (χ2v) is 5.53. The Morgan fingerprint density at radius 3 is 2.73 bits per heavy atom. The zero-order valence-corrected chi connectivity index (χ0v) is 13.1. The largest absolute Gasteiger partial charge is 0.448 e. The van der Waals surface area contributed by atoms with E-state index in [0.29, 0.717) is 11.4 Å². The zero-order valence-electron chi connectivity index (χ0n) is 12.2. The van der Waals surface area contributed by atoms with Crippen LogP contribution in [0, 0.1) is 0 Å². The fourth-order valence-corrected chi connectivity index (χ4v) is 2.69. The molecule has 0 aliphatic rings. The predicted octanol–water partition coefficient (Wildman–Crippen LogP) is 3.26. The van der Waals surface area contributed by atoms with Crippen LogP contribution in [0.2, 0.25) is 0 Å². The van der Waals surface area contributed by atoms with Crippen LogP contribution in [0.4, 0.5) is 0 Å². The summed E-state index contributed by atoms with van der Waals surface area (Å²) in [5.41, 5.74) is 1.76. The van der Waals surface area contributed by atoms with Crippen molar-refractivity contribution in [1.82, 2.24) is 5.32 Å². The number of nitrogens with one attached hydrogen (secondary N) is 1. The molecule has 0 radical (unpaired) electrons. The van der Waals surface area contributed by atoms with Crippen LogP contribution in [-0.2, 0) is 9.53 Å². The van der Waals surface area contributed by atoms with E-state index in [9.17, 15) is 9.59 Å². The third-order valence-electron chi connectivity index (χ3n) is 3.01. The monoisotopic (exact) mass is 315 g/mol. The van der Waals surface area contributed by atoms with Gasteiger partial charge in [-0.1, -0.05) is 36.4 Å². The summed E-state index contributed by atoms with van der Waals surface area (Å²) in [6, 6.07) is 11.5. The summed E-state index contributed by atoms with van der Waals surface area (Å²) >= 11 is 1.30. The molecule has 0 aliphatic carbocycles. The topological polar surface area (TPSA) is 55.4 Å². The van der Waals surface area contributed by atoms with Gasteiger partial charge in [0.2, 0.25) is 0 Å². The average Bonchev–Trinajstić information content (AvgIpc) is 3.03. The summed E-state index contributed by atoms with van der Waals surface area (Å²) in [5, 5.41) is 4.43. The fourth-order valence-electron chi connectivity index (χ4n) is 1.90. The Morgan fingerprint density at radius 2 is 2.05 bits per heavy atom. The summed E-state index contributed by atoms with van der Waals surface area (Å²) in [6.07, 6.45) is 0.720. The van der Waals surface area contributed by atoms with Crippen molar-refractivity contribution >= 4 is 23.2 Å². The van der Waals surface area contributed by atoms with E-state index in [2.05, 4.69) is 11.9 Å². The maximum absolute atomic E-state index is 12.3. The molecular formula is C17H17NO3S. The lowest BCUT2D eigenvalue weighted by molar-refractivity contribution is -0.128. The predicted molar refractivity (Wildman–Crippen MR) is 87.8 cm³/mol. The summed E-state index contributed by atoms with van der Waals surface area (Å²) in [6.45, 7) is 5.41. The molecule has 1 unspecified atom stereocenters. The number of benzene rings is 1. The average molecular weight is 315 g/mol. The van der Waals surface area contributed by atoms with E-state index in [0.717, 1.165) is 11.1 Å². The van der Waals surface area contributed by atoms with Crippen LogP contribution < -0.4 is 5.32 Å². The molecular weight excluding hydrogens is 298 g/mol. The minimum Gasteiger partial charge on any atom is -0.448 e. The molecule has 5 heteroatoms. The Hall–Kier alpha value is -2.40. The number of carbonyl (C=O) groups is 2. The van der Waals surface area contributed by atoms with Crippen molar-refractivity contribution in [2.75, 3.05) is 6.54 Å². The van der Waals surface area contributed by atoms with Gasteiger partial charge in [0.25, 0.3) is 5.91 Å². The molecule has 0 fully saturated rings. The van der Waals surface area contributed by atoms with Crippen LogP contribution >= 0.6 is 11.3 Å². The van der Waals surface area contributed by atoms with Gasteiger partial charge in [0.1, 0.15) is 4.88 Å². The van der Waals surface area contributed by atoms with Gasteiger partial charge in [0.15, 0.2) is 6.10 Å². The van der Waals surface area contributed by atoms with Crippen molar-refractivity contribution in [2.24, 2.45) is 0 Å². The number of esters is 1. The van der Waals surface area contributed by atoms with Crippen molar-refractivity contribution in [3.8, 4) is 11.1 Å². The number of amides is 1. The van der Waals surface area contributed by atoms with Crippen LogP contribution in [-0.4, -0.2) is 24.5 Å². The highest BCUT2D eigenvalue weighted by Gasteiger charge is 2.21. The number of hydrogen-bond donors (Lipinski definition) is 1. The van der Waals surface area contributed by atoms with Crippen molar-refractivity contribution in [1.29, 1.82) is 0 Å². The van der Waals surface area contributed by atoms with Gasteiger partial charge in [-0.25, -0.2) is 4.79 Å². The van der Waals surface area contributed by atoms with Gasteiger partial charge in [-0.15, -0.1) is 17.9 Å². The summed E-state index contributed by atoms with van der Waals surface area (Å²) in [4.78, 5) is 24.5. The van der Waals surface area contributed by atoms with Gasteiger partial charge >= 0.3 is 5.97 Å². The van der Waals surface area contributed by atoms with Gasteiger partial charge in [0.05, 0.1) is 0 Å². The van der Waals surface area contributed by atoms with Gasteiger partial charge in [-0.05, 0) is 23.9 Å². The molecule has 0 aliphatic heterocycles. The van der Waals surface area contributed by atoms with Crippen molar-refractivity contribution in [3.63, 3.8) is 0 Å². The lowest BCUT2D eigenvalue weighted by Gasteiger charge is -2.12. The lowest BCUT2D eigenvalue weighted by atomic mass is 10.1. The van der Waals surface area contributed by atoms with Gasteiger partial charge in [-0.3, -0.25) is 4.79 Å². The van der Waals surface area contributed by atoms with E-state index in [4.69, 9.17) is 4.74 Å². The minimum absolute atomic E-state index is 0.342. The molecule has 114 valence electrons. The third kappa shape index (κ3) is 3.83. The Morgan fingerprint density at radius 1 is 1.32 bits per heavy atom. The Bertz CT molecular complexity index is 664. The van der Waals surface area contributed by atoms with Crippen LogP contribution in [0.15, 0.2) is 54.4 Å². The fraction of sp³-hybridized carbons (Fsp3) is 0.176. The van der Waals surface area contributed by atoms with Crippen molar-refractivity contribution in [2.45, 2.75) is 13.0 Å². The van der Waals surface area contributed by atoms with E-state index in [-0.39, 0.29) is 5.91 Å². The Kier molecular flexibility index (Phi) is 5.49. The first-order valence-electron chi connectivity index (χ1n) is 6.86. The standard InChI is InChI=1S/C17H17NO3S/c1-3-10-18-16(19)12(2)21-17(20)15-14(9-11-22-15)13-7-5-4-6-8-13/h3-9,11-12H,1,10H2,2H3,(H,18,19). The Balaban J connectivity index is 2.10. The maximum Gasteiger partial charge on any atom is 0.349 e. The van der Waals surface area contributed by atoms with E-state index in [1.807, 2.05) is 41.8 Å². The molecule has 1 aromatic heterocycles. The normalized spacial score (nSPS) is 11.5. The zero-order chi connectivity index (χ0) is 15.9. The highest BCUT2D eigenvalue weighted by atomic mass is 32.1. The first-order chi connectivity index (χ1) is 10.6. The second kappa shape index (κ2) is 7.56. The molecule has 1 N–H and O–H groups in total. The number of carbonyl (C=O) groups excluding carboxylic acids is 2. The van der Waals surface area contributed by atoms with Crippen LogP contribution in [0.1, 0.15) is 16.6 Å². The molecule has 0 saturated heterocycles.